The molecule has 0 bridgehead atoms. The van der Waals surface area contributed by atoms with E-state index in [2.05, 4.69) is 27.4 Å². The lowest BCUT2D eigenvalue weighted by Gasteiger charge is -2.33. The summed E-state index contributed by atoms with van der Waals surface area (Å²) in [6.45, 7) is 12.4. The third-order valence-electron chi connectivity index (χ3n) is 4.50. The van der Waals surface area contributed by atoms with Crippen molar-refractivity contribution in [2.75, 3.05) is 32.7 Å². The van der Waals surface area contributed by atoms with Crippen LogP contribution >= 0.6 is 24.0 Å². The Labute approximate surface area is 164 Å². The Hall–Kier alpha value is -0.570. The molecule has 0 radical (unpaired) electrons. The lowest BCUT2D eigenvalue weighted by molar-refractivity contribution is -0.125. The summed E-state index contributed by atoms with van der Waals surface area (Å²) in [4.78, 5) is 18.4. The number of nitrogens with two attached hydrogens (primary N) is 1. The van der Waals surface area contributed by atoms with E-state index in [9.17, 15) is 4.79 Å². The van der Waals surface area contributed by atoms with Crippen molar-refractivity contribution in [3.8, 4) is 0 Å². The van der Waals surface area contributed by atoms with E-state index >= 15 is 0 Å². The topological polar surface area (TPSA) is 82.7 Å². The van der Waals surface area contributed by atoms with Gasteiger partial charge in [-0.2, -0.15) is 0 Å². The van der Waals surface area contributed by atoms with Gasteiger partial charge in [0.15, 0.2) is 5.96 Å². The molecular weight excluding hydrogens is 417 g/mol. The molecule has 24 heavy (non-hydrogen) atoms. The van der Waals surface area contributed by atoms with E-state index in [-0.39, 0.29) is 29.9 Å². The molecule has 4 N–H and O–H groups in total. The van der Waals surface area contributed by atoms with Crippen molar-refractivity contribution in [2.24, 2.45) is 16.1 Å². The number of rotatable bonds is 8. The number of piperidine rings is 1. The molecule has 1 saturated heterocycles. The molecule has 1 fully saturated rings. The van der Waals surface area contributed by atoms with Crippen LogP contribution in [0.3, 0.4) is 0 Å². The summed E-state index contributed by atoms with van der Waals surface area (Å²) in [5.41, 5.74) is 4.77. The lowest BCUT2D eigenvalue weighted by atomic mass is 9.93. The maximum absolute atomic E-state index is 11.4. The van der Waals surface area contributed by atoms with E-state index < -0.39 is 5.41 Å². The van der Waals surface area contributed by atoms with Crippen LogP contribution in [0, 0.1) is 5.41 Å². The summed E-state index contributed by atoms with van der Waals surface area (Å²) in [6.07, 6.45) is 5.10. The normalized spacial score (nSPS) is 19.5. The standard InChI is InChI=1S/C17H35N5O.HI/c1-5-19-16(21-13-17(3,4)15(18)23)20-10-8-12-22-11-7-6-9-14(22)2;/h14H,5-13H2,1-4H3,(H2,18,23)(H2,19,20,21);1H. The van der Waals surface area contributed by atoms with Gasteiger partial charge in [0.25, 0.3) is 0 Å². The number of hydrogen-bond donors (Lipinski definition) is 3. The number of likely N-dealkylation sites (tertiary alicyclic amines) is 1. The molecule has 1 unspecified atom stereocenters. The van der Waals surface area contributed by atoms with Crippen LogP contribution in [-0.2, 0) is 4.79 Å². The molecule has 0 aromatic rings. The van der Waals surface area contributed by atoms with Gasteiger partial charge < -0.3 is 21.3 Å². The van der Waals surface area contributed by atoms with E-state index in [1.165, 1.54) is 25.8 Å². The zero-order valence-corrected chi connectivity index (χ0v) is 18.1. The Morgan fingerprint density at radius 3 is 2.62 bits per heavy atom. The molecule has 1 aliphatic heterocycles. The number of guanidine groups is 1. The van der Waals surface area contributed by atoms with E-state index in [4.69, 9.17) is 5.73 Å². The Bertz CT molecular complexity index is 400. The minimum absolute atomic E-state index is 0. The molecule has 6 nitrogen and oxygen atoms in total. The van der Waals surface area contributed by atoms with Crippen molar-refractivity contribution in [1.29, 1.82) is 0 Å². The summed E-state index contributed by atoms with van der Waals surface area (Å²) in [5.74, 6) is 0.435. The van der Waals surface area contributed by atoms with Crippen LogP contribution in [0.1, 0.15) is 53.4 Å². The second kappa shape index (κ2) is 11.9. The first-order valence-corrected chi connectivity index (χ1v) is 8.93. The molecule has 0 saturated carbocycles. The number of hydrogen-bond acceptors (Lipinski definition) is 3. The Balaban J connectivity index is 0.00000529. The largest absolute Gasteiger partial charge is 0.369 e. The van der Waals surface area contributed by atoms with Crippen molar-refractivity contribution in [2.45, 2.75) is 59.4 Å². The predicted octanol–water partition coefficient (Wildman–Crippen LogP) is 1.94. The first-order valence-electron chi connectivity index (χ1n) is 8.93. The molecule has 0 aromatic heterocycles. The molecule has 0 aliphatic carbocycles. The average Bonchev–Trinajstić information content (AvgIpc) is 2.50. The molecule has 0 aromatic carbocycles. The van der Waals surface area contributed by atoms with Crippen LogP contribution in [0.4, 0.5) is 0 Å². The second-order valence-electron chi connectivity index (χ2n) is 7.10. The zero-order valence-electron chi connectivity index (χ0n) is 15.7. The van der Waals surface area contributed by atoms with Gasteiger partial charge in [0.05, 0.1) is 12.0 Å². The van der Waals surface area contributed by atoms with Crippen molar-refractivity contribution in [3.05, 3.63) is 0 Å². The molecule has 1 atom stereocenters. The van der Waals surface area contributed by atoms with Gasteiger partial charge in [-0.1, -0.05) is 6.42 Å². The highest BCUT2D eigenvalue weighted by Crippen LogP contribution is 2.16. The highest BCUT2D eigenvalue weighted by Gasteiger charge is 2.24. The van der Waals surface area contributed by atoms with Gasteiger partial charge in [-0.3, -0.25) is 9.79 Å². The number of halogens is 1. The number of nitrogens with one attached hydrogen (secondary N) is 2. The van der Waals surface area contributed by atoms with Gasteiger partial charge in [-0.05, 0) is 53.5 Å². The highest BCUT2D eigenvalue weighted by molar-refractivity contribution is 14.0. The fourth-order valence-electron chi connectivity index (χ4n) is 2.68. The van der Waals surface area contributed by atoms with E-state index in [1.807, 2.05) is 20.8 Å². The monoisotopic (exact) mass is 453 g/mol. The second-order valence-corrected chi connectivity index (χ2v) is 7.10. The number of aliphatic imine (C=N–C) groups is 1. The zero-order chi connectivity index (χ0) is 17.3. The number of primary amides is 1. The first kappa shape index (κ1) is 23.4. The minimum atomic E-state index is -0.619. The summed E-state index contributed by atoms with van der Waals surface area (Å²) < 4.78 is 0. The molecular formula is C17H36IN5O. The number of nitrogens with zero attached hydrogens (tertiary/aromatic N) is 2. The van der Waals surface area contributed by atoms with Crippen molar-refractivity contribution >= 4 is 35.8 Å². The van der Waals surface area contributed by atoms with Crippen LogP contribution in [0.2, 0.25) is 0 Å². The molecule has 1 aliphatic rings. The summed E-state index contributed by atoms with van der Waals surface area (Å²) >= 11 is 0. The molecule has 0 spiro atoms. The third kappa shape index (κ3) is 8.50. The summed E-state index contributed by atoms with van der Waals surface area (Å²) in [5, 5.41) is 6.56. The Morgan fingerprint density at radius 2 is 2.04 bits per heavy atom. The van der Waals surface area contributed by atoms with Crippen LogP contribution < -0.4 is 16.4 Å². The van der Waals surface area contributed by atoms with Crippen molar-refractivity contribution in [1.82, 2.24) is 15.5 Å². The summed E-state index contributed by atoms with van der Waals surface area (Å²) in [6, 6.07) is 0.710. The average molecular weight is 453 g/mol. The lowest BCUT2D eigenvalue weighted by Crippen LogP contribution is -2.42. The van der Waals surface area contributed by atoms with Crippen LogP contribution in [0.15, 0.2) is 4.99 Å². The van der Waals surface area contributed by atoms with E-state index in [0.29, 0.717) is 12.6 Å². The van der Waals surface area contributed by atoms with Gasteiger partial charge in [0.1, 0.15) is 0 Å². The fraction of sp³-hybridized carbons (Fsp3) is 0.882. The fourth-order valence-corrected chi connectivity index (χ4v) is 2.68. The van der Waals surface area contributed by atoms with Crippen molar-refractivity contribution in [3.63, 3.8) is 0 Å². The highest BCUT2D eigenvalue weighted by atomic mass is 127. The van der Waals surface area contributed by atoms with Gasteiger partial charge in [0.2, 0.25) is 5.91 Å². The SMILES string of the molecule is CCNC(=NCC(C)(C)C(N)=O)NCCCN1CCCCC1C.I. The van der Waals surface area contributed by atoms with Crippen molar-refractivity contribution < 1.29 is 4.79 Å². The molecule has 142 valence electrons. The number of carbonyl (C=O) groups excluding carboxylic acids is 1. The third-order valence-corrected chi connectivity index (χ3v) is 4.50. The molecule has 1 amide bonds. The maximum Gasteiger partial charge on any atom is 0.224 e. The quantitative estimate of drug-likeness (QED) is 0.227. The van der Waals surface area contributed by atoms with Crippen LogP contribution in [0.5, 0.6) is 0 Å². The number of carbonyl (C=O) groups is 1. The first-order chi connectivity index (χ1) is 10.9. The predicted molar refractivity (Wildman–Crippen MR) is 112 cm³/mol. The Kier molecular flexibility index (Phi) is 11.6. The van der Waals surface area contributed by atoms with E-state index in [0.717, 1.165) is 32.0 Å². The Morgan fingerprint density at radius 1 is 1.33 bits per heavy atom. The molecule has 1 rings (SSSR count). The van der Waals surface area contributed by atoms with Crippen LogP contribution in [0.25, 0.3) is 0 Å². The van der Waals surface area contributed by atoms with Gasteiger partial charge in [-0.25, -0.2) is 0 Å². The summed E-state index contributed by atoms with van der Waals surface area (Å²) in [7, 11) is 0. The van der Waals surface area contributed by atoms with Gasteiger partial charge in [0, 0.05) is 25.7 Å². The van der Waals surface area contributed by atoms with E-state index in [1.54, 1.807) is 0 Å². The smallest absolute Gasteiger partial charge is 0.224 e. The van der Waals surface area contributed by atoms with Crippen LogP contribution in [-0.4, -0.2) is 55.5 Å². The molecule has 1 heterocycles. The maximum atomic E-state index is 11.4. The van der Waals surface area contributed by atoms with Gasteiger partial charge in [-0.15, -0.1) is 24.0 Å². The number of amides is 1. The minimum Gasteiger partial charge on any atom is -0.369 e. The molecule has 7 heteroatoms. The van der Waals surface area contributed by atoms with Gasteiger partial charge >= 0.3 is 0 Å².